The van der Waals surface area contributed by atoms with Crippen molar-refractivity contribution in [3.05, 3.63) is 98.0 Å². The second kappa shape index (κ2) is 9.23. The van der Waals surface area contributed by atoms with Crippen LogP contribution in [0.5, 0.6) is 0 Å². The van der Waals surface area contributed by atoms with Crippen LogP contribution < -0.4 is 4.90 Å². The number of carbonyl (C=O) groups excluding carboxylic acids is 2. The van der Waals surface area contributed by atoms with Crippen LogP contribution in [-0.2, 0) is 14.3 Å². The number of methoxy groups -OCH3 is 1. The molecule has 0 fully saturated rings. The summed E-state index contributed by atoms with van der Waals surface area (Å²) in [6.07, 6.45) is 1.79. The van der Waals surface area contributed by atoms with Gasteiger partial charge in [0.05, 0.1) is 18.3 Å². The summed E-state index contributed by atoms with van der Waals surface area (Å²) < 4.78 is 7.19. The van der Waals surface area contributed by atoms with Crippen LogP contribution in [0, 0.1) is 34.6 Å². The molecule has 0 spiro atoms. The molecule has 1 amide bonds. The first-order chi connectivity index (χ1) is 16.5. The van der Waals surface area contributed by atoms with Crippen molar-refractivity contribution in [2.24, 2.45) is 0 Å². The van der Waals surface area contributed by atoms with E-state index in [1.54, 1.807) is 17.9 Å². The smallest absolute Gasteiger partial charge is 0.340 e. The molecule has 0 saturated heterocycles. The van der Waals surface area contributed by atoms with Crippen LogP contribution in [0.25, 0.3) is 11.8 Å². The molecule has 6 heteroatoms. The molecule has 0 radical (unpaired) electrons. The van der Waals surface area contributed by atoms with Gasteiger partial charge in [0.1, 0.15) is 0 Å². The van der Waals surface area contributed by atoms with E-state index in [4.69, 9.17) is 16.3 Å². The lowest BCUT2D eigenvalue weighted by Gasteiger charge is -2.19. The van der Waals surface area contributed by atoms with Crippen molar-refractivity contribution in [2.75, 3.05) is 12.0 Å². The Morgan fingerprint density at radius 2 is 1.60 bits per heavy atom. The molecule has 3 aromatic rings. The summed E-state index contributed by atoms with van der Waals surface area (Å²) in [5.41, 5.74) is 8.81. The highest BCUT2D eigenvalue weighted by molar-refractivity contribution is 6.30. The van der Waals surface area contributed by atoms with Crippen molar-refractivity contribution in [1.29, 1.82) is 0 Å². The van der Waals surface area contributed by atoms with E-state index in [-0.39, 0.29) is 11.5 Å². The van der Waals surface area contributed by atoms with E-state index in [9.17, 15) is 9.59 Å². The molecule has 35 heavy (non-hydrogen) atoms. The predicted octanol–water partition coefficient (Wildman–Crippen LogP) is 6.55. The van der Waals surface area contributed by atoms with E-state index >= 15 is 0 Å². The van der Waals surface area contributed by atoms with Gasteiger partial charge in [-0.3, -0.25) is 9.69 Å². The van der Waals surface area contributed by atoms with Crippen LogP contribution in [-0.4, -0.2) is 23.6 Å². The van der Waals surface area contributed by atoms with Crippen LogP contribution in [0.15, 0.2) is 59.3 Å². The third kappa shape index (κ3) is 4.32. The number of benzene rings is 2. The van der Waals surface area contributed by atoms with E-state index in [0.717, 1.165) is 45.0 Å². The molecule has 4 rings (SSSR count). The zero-order valence-corrected chi connectivity index (χ0v) is 21.9. The van der Waals surface area contributed by atoms with Crippen LogP contribution in [0.2, 0.25) is 5.02 Å². The lowest BCUT2D eigenvalue weighted by atomic mass is 10.0. The van der Waals surface area contributed by atoms with Gasteiger partial charge in [0.15, 0.2) is 0 Å². The third-order valence-electron chi connectivity index (χ3n) is 6.44. The summed E-state index contributed by atoms with van der Waals surface area (Å²) in [5, 5.41) is 0.652. The van der Waals surface area contributed by atoms with Crippen LogP contribution in [0.4, 0.5) is 5.69 Å². The molecule has 0 aliphatic carbocycles. The molecule has 0 bridgehead atoms. The Morgan fingerprint density at radius 1 is 0.943 bits per heavy atom. The fraction of sp³-hybridized carbons (Fsp3) is 0.241. The molecule has 0 N–H and O–H groups in total. The second-order valence-corrected chi connectivity index (χ2v) is 9.53. The van der Waals surface area contributed by atoms with Gasteiger partial charge in [-0.2, -0.15) is 0 Å². The number of amides is 1. The Kier molecular flexibility index (Phi) is 6.48. The van der Waals surface area contributed by atoms with E-state index < -0.39 is 5.97 Å². The highest BCUT2D eigenvalue weighted by Gasteiger charge is 2.38. The van der Waals surface area contributed by atoms with Gasteiger partial charge in [-0.05, 0) is 100 Å². The Morgan fingerprint density at radius 3 is 2.23 bits per heavy atom. The van der Waals surface area contributed by atoms with Gasteiger partial charge in [0, 0.05) is 33.5 Å². The summed E-state index contributed by atoms with van der Waals surface area (Å²) in [4.78, 5) is 28.1. The monoisotopic (exact) mass is 488 g/mol. The number of rotatable bonds is 4. The minimum atomic E-state index is -0.534. The summed E-state index contributed by atoms with van der Waals surface area (Å²) in [7, 11) is 1.33. The molecule has 5 nitrogen and oxygen atoms in total. The lowest BCUT2D eigenvalue weighted by molar-refractivity contribution is -0.136. The van der Waals surface area contributed by atoms with E-state index in [0.29, 0.717) is 16.3 Å². The van der Waals surface area contributed by atoms with E-state index in [2.05, 4.69) is 4.57 Å². The van der Waals surface area contributed by atoms with E-state index in [1.807, 2.05) is 77.1 Å². The zero-order chi connectivity index (χ0) is 25.6. The highest BCUT2D eigenvalue weighted by Crippen LogP contribution is 2.37. The number of aromatic nitrogens is 1. The van der Waals surface area contributed by atoms with Crippen molar-refractivity contribution in [3.8, 4) is 5.69 Å². The molecule has 180 valence electrons. The fourth-order valence-electron chi connectivity index (χ4n) is 4.85. The molecule has 0 atom stereocenters. The summed E-state index contributed by atoms with van der Waals surface area (Å²) in [6, 6.07) is 13.7. The standard InChI is InChI=1S/C29H29ClN2O3/c1-16-10-17(2)12-24(11-16)32-21(6)27(29(34)35-7)25(28(32)33)14-22-13-19(4)31(20(22)5)26-15-23(30)9-8-18(26)3/h8-15H,1-7H3/b25-14-. The van der Waals surface area contributed by atoms with Crippen molar-refractivity contribution >= 4 is 35.2 Å². The largest absolute Gasteiger partial charge is 0.465 e. The van der Waals surface area contributed by atoms with Crippen LogP contribution in [0.1, 0.15) is 40.6 Å². The van der Waals surface area contributed by atoms with Crippen molar-refractivity contribution in [2.45, 2.75) is 41.5 Å². The maximum absolute atomic E-state index is 13.7. The Labute approximate surface area is 211 Å². The molecular weight excluding hydrogens is 460 g/mol. The van der Waals surface area contributed by atoms with Crippen molar-refractivity contribution in [1.82, 2.24) is 4.57 Å². The molecule has 0 saturated carbocycles. The van der Waals surface area contributed by atoms with Gasteiger partial charge in [0.25, 0.3) is 5.91 Å². The van der Waals surface area contributed by atoms with Crippen molar-refractivity contribution in [3.63, 3.8) is 0 Å². The van der Waals surface area contributed by atoms with Gasteiger partial charge in [-0.15, -0.1) is 0 Å². The molecule has 2 heterocycles. The lowest BCUT2D eigenvalue weighted by Crippen LogP contribution is -2.24. The number of esters is 1. The van der Waals surface area contributed by atoms with Gasteiger partial charge < -0.3 is 9.30 Å². The SMILES string of the molecule is COC(=O)C1=C(C)N(c2cc(C)cc(C)c2)C(=O)/C1=C\c1cc(C)n(-c2cc(Cl)ccc2C)c1C. The molecule has 1 aliphatic rings. The zero-order valence-electron chi connectivity index (χ0n) is 21.1. The molecule has 1 aliphatic heterocycles. The fourth-order valence-corrected chi connectivity index (χ4v) is 5.02. The first kappa shape index (κ1) is 24.6. The van der Waals surface area contributed by atoms with Gasteiger partial charge >= 0.3 is 5.97 Å². The minimum absolute atomic E-state index is 0.253. The van der Waals surface area contributed by atoms with Gasteiger partial charge in [-0.1, -0.05) is 23.7 Å². The Hall–Kier alpha value is -3.57. The Balaban J connectivity index is 1.88. The maximum atomic E-state index is 13.7. The number of aryl methyl sites for hydroxylation is 4. The summed E-state index contributed by atoms with van der Waals surface area (Å²) in [5.74, 6) is -0.787. The number of carbonyl (C=O) groups is 2. The number of halogens is 1. The number of ether oxygens (including phenoxy) is 1. The number of nitrogens with zero attached hydrogens (tertiary/aromatic N) is 2. The Bertz CT molecular complexity index is 1420. The van der Waals surface area contributed by atoms with Crippen molar-refractivity contribution < 1.29 is 14.3 Å². The number of allylic oxidation sites excluding steroid dienone is 1. The molecular formula is C29H29ClN2O3. The summed E-state index contributed by atoms with van der Waals surface area (Å²) in [6.45, 7) is 11.8. The maximum Gasteiger partial charge on any atom is 0.340 e. The van der Waals surface area contributed by atoms with Gasteiger partial charge in [0.2, 0.25) is 0 Å². The minimum Gasteiger partial charge on any atom is -0.465 e. The van der Waals surface area contributed by atoms with Crippen LogP contribution in [0.3, 0.4) is 0 Å². The first-order valence-corrected chi connectivity index (χ1v) is 11.8. The van der Waals surface area contributed by atoms with Gasteiger partial charge in [-0.25, -0.2) is 4.79 Å². The summed E-state index contributed by atoms with van der Waals surface area (Å²) >= 11 is 6.28. The normalized spacial score (nSPS) is 14.9. The molecule has 0 unspecified atom stereocenters. The highest BCUT2D eigenvalue weighted by atomic mass is 35.5. The first-order valence-electron chi connectivity index (χ1n) is 11.4. The topological polar surface area (TPSA) is 51.5 Å². The third-order valence-corrected chi connectivity index (χ3v) is 6.67. The number of hydrogen-bond donors (Lipinski definition) is 0. The predicted molar refractivity (Wildman–Crippen MR) is 141 cm³/mol. The quantitative estimate of drug-likeness (QED) is 0.309. The molecule has 2 aromatic carbocycles. The molecule has 1 aromatic heterocycles. The number of anilines is 1. The van der Waals surface area contributed by atoms with E-state index in [1.165, 1.54) is 7.11 Å². The average Bonchev–Trinajstić information content (AvgIpc) is 3.20. The van der Waals surface area contributed by atoms with Crippen LogP contribution >= 0.6 is 11.6 Å². The number of hydrogen-bond acceptors (Lipinski definition) is 3. The second-order valence-electron chi connectivity index (χ2n) is 9.09. The average molecular weight is 489 g/mol.